The van der Waals surface area contributed by atoms with E-state index >= 15 is 0 Å². The van der Waals surface area contributed by atoms with Crippen LogP contribution < -0.4 is 10.6 Å². The van der Waals surface area contributed by atoms with Gasteiger partial charge in [-0.25, -0.2) is 4.79 Å². The Bertz CT molecular complexity index is 506. The first-order valence-corrected chi connectivity index (χ1v) is 7.16. The lowest BCUT2D eigenvalue weighted by molar-refractivity contribution is 0.0601. The van der Waals surface area contributed by atoms with Crippen molar-refractivity contribution in [3.63, 3.8) is 0 Å². The van der Waals surface area contributed by atoms with Crippen molar-refractivity contribution in [2.24, 2.45) is 0 Å². The van der Waals surface area contributed by atoms with Crippen LogP contribution in [-0.4, -0.2) is 50.2 Å². The molecule has 0 bridgehead atoms. The number of methoxy groups -OCH3 is 1. The van der Waals surface area contributed by atoms with Crippen molar-refractivity contribution in [2.75, 3.05) is 43.9 Å². The van der Waals surface area contributed by atoms with Gasteiger partial charge in [0.2, 0.25) is 0 Å². The molecule has 0 unspecified atom stereocenters. The van der Waals surface area contributed by atoms with Gasteiger partial charge < -0.3 is 15.4 Å². The molecule has 1 aliphatic heterocycles. The third-order valence-electron chi connectivity index (χ3n) is 4.17. The third-order valence-corrected chi connectivity index (χ3v) is 4.17. The number of ether oxygens (including phenoxy) is 1. The molecule has 3 rings (SSSR count). The molecule has 1 saturated carbocycles. The lowest BCUT2D eigenvalue weighted by atomic mass is 10.1. The van der Waals surface area contributed by atoms with E-state index in [9.17, 15) is 4.79 Å². The van der Waals surface area contributed by atoms with Gasteiger partial charge in [0.1, 0.15) is 0 Å². The molecule has 0 amide bonds. The van der Waals surface area contributed by atoms with Crippen molar-refractivity contribution in [1.82, 2.24) is 4.90 Å². The quantitative estimate of drug-likeness (QED) is 0.666. The summed E-state index contributed by atoms with van der Waals surface area (Å²) in [7, 11) is 1.38. The molecule has 1 aromatic rings. The van der Waals surface area contributed by atoms with Crippen LogP contribution in [0, 0.1) is 0 Å². The number of rotatable bonds is 3. The summed E-state index contributed by atoms with van der Waals surface area (Å²) in [6.07, 6.45) is 2.71. The molecule has 1 heterocycles. The lowest BCUT2D eigenvalue weighted by Crippen LogP contribution is -2.47. The normalized spacial score (nSPS) is 19.9. The number of carbonyl (C=O) groups excluding carboxylic acids is 1. The van der Waals surface area contributed by atoms with Crippen molar-refractivity contribution in [2.45, 2.75) is 18.9 Å². The second kappa shape index (κ2) is 5.32. The first kappa shape index (κ1) is 13.2. The van der Waals surface area contributed by atoms with E-state index in [1.54, 1.807) is 12.1 Å². The van der Waals surface area contributed by atoms with E-state index in [0.717, 1.165) is 37.9 Å². The molecule has 0 radical (unpaired) electrons. The SMILES string of the molecule is COC(=O)c1ccc(N2CCN(C3CC3)CC2)c(N)c1. The molecule has 2 aliphatic rings. The summed E-state index contributed by atoms with van der Waals surface area (Å²) in [5.41, 5.74) is 8.26. The Morgan fingerprint density at radius 1 is 1.25 bits per heavy atom. The van der Waals surface area contributed by atoms with Gasteiger partial charge in [0.15, 0.2) is 0 Å². The largest absolute Gasteiger partial charge is 0.465 e. The predicted molar refractivity (Wildman–Crippen MR) is 79.0 cm³/mol. The molecule has 0 atom stereocenters. The zero-order chi connectivity index (χ0) is 14.1. The number of esters is 1. The first-order chi connectivity index (χ1) is 9.69. The number of piperazine rings is 1. The average Bonchev–Trinajstić information content (AvgIpc) is 3.31. The summed E-state index contributed by atoms with van der Waals surface area (Å²) >= 11 is 0. The van der Waals surface area contributed by atoms with E-state index in [4.69, 9.17) is 10.5 Å². The Labute approximate surface area is 119 Å². The van der Waals surface area contributed by atoms with Gasteiger partial charge in [-0.1, -0.05) is 0 Å². The van der Waals surface area contributed by atoms with Crippen molar-refractivity contribution in [3.05, 3.63) is 23.8 Å². The smallest absolute Gasteiger partial charge is 0.337 e. The average molecular weight is 275 g/mol. The van der Waals surface area contributed by atoms with Crippen LogP contribution in [-0.2, 0) is 4.74 Å². The van der Waals surface area contributed by atoms with Gasteiger partial charge in [0, 0.05) is 32.2 Å². The molecule has 5 nitrogen and oxygen atoms in total. The highest BCUT2D eigenvalue weighted by Gasteiger charge is 2.31. The summed E-state index contributed by atoms with van der Waals surface area (Å²) in [5.74, 6) is -0.346. The molecule has 0 aromatic heterocycles. The molecule has 20 heavy (non-hydrogen) atoms. The third kappa shape index (κ3) is 2.58. The minimum Gasteiger partial charge on any atom is -0.465 e. The number of benzene rings is 1. The van der Waals surface area contributed by atoms with Crippen LogP contribution in [0.3, 0.4) is 0 Å². The van der Waals surface area contributed by atoms with E-state index in [1.165, 1.54) is 20.0 Å². The zero-order valence-corrected chi connectivity index (χ0v) is 11.8. The molecule has 2 fully saturated rings. The first-order valence-electron chi connectivity index (χ1n) is 7.16. The van der Waals surface area contributed by atoms with Crippen LogP contribution in [0.25, 0.3) is 0 Å². The van der Waals surface area contributed by atoms with E-state index in [-0.39, 0.29) is 5.97 Å². The maximum absolute atomic E-state index is 11.5. The second-order valence-corrected chi connectivity index (χ2v) is 5.52. The van der Waals surface area contributed by atoms with Crippen LogP contribution in [0.5, 0.6) is 0 Å². The fourth-order valence-electron chi connectivity index (χ4n) is 2.85. The van der Waals surface area contributed by atoms with E-state index in [1.807, 2.05) is 6.07 Å². The van der Waals surface area contributed by atoms with Crippen molar-refractivity contribution in [1.29, 1.82) is 0 Å². The number of hydrogen-bond acceptors (Lipinski definition) is 5. The fourth-order valence-corrected chi connectivity index (χ4v) is 2.85. The minimum absolute atomic E-state index is 0.346. The number of hydrogen-bond donors (Lipinski definition) is 1. The molecule has 108 valence electrons. The second-order valence-electron chi connectivity index (χ2n) is 5.52. The van der Waals surface area contributed by atoms with Crippen LogP contribution in [0.15, 0.2) is 18.2 Å². The monoisotopic (exact) mass is 275 g/mol. The Balaban J connectivity index is 1.69. The Kier molecular flexibility index (Phi) is 3.53. The minimum atomic E-state index is -0.346. The summed E-state index contributed by atoms with van der Waals surface area (Å²) < 4.78 is 4.71. The maximum Gasteiger partial charge on any atom is 0.337 e. The summed E-state index contributed by atoms with van der Waals surface area (Å²) in [6, 6.07) is 6.24. The van der Waals surface area contributed by atoms with Crippen LogP contribution in [0.2, 0.25) is 0 Å². The van der Waals surface area contributed by atoms with Crippen molar-refractivity contribution in [3.8, 4) is 0 Å². The molecular formula is C15H21N3O2. The topological polar surface area (TPSA) is 58.8 Å². The number of nitrogens with two attached hydrogens (primary N) is 1. The zero-order valence-electron chi connectivity index (χ0n) is 11.8. The number of carbonyl (C=O) groups is 1. The molecule has 1 aromatic carbocycles. The summed E-state index contributed by atoms with van der Waals surface area (Å²) in [6.45, 7) is 4.20. The van der Waals surface area contributed by atoms with Gasteiger partial charge in [0.25, 0.3) is 0 Å². The Morgan fingerprint density at radius 2 is 1.95 bits per heavy atom. The number of anilines is 2. The Morgan fingerprint density at radius 3 is 2.50 bits per heavy atom. The Hall–Kier alpha value is -1.75. The van der Waals surface area contributed by atoms with Crippen molar-refractivity contribution < 1.29 is 9.53 Å². The summed E-state index contributed by atoms with van der Waals surface area (Å²) in [4.78, 5) is 16.3. The van der Waals surface area contributed by atoms with E-state index in [2.05, 4.69) is 9.80 Å². The molecule has 1 aliphatic carbocycles. The van der Waals surface area contributed by atoms with E-state index in [0.29, 0.717) is 11.3 Å². The van der Waals surface area contributed by atoms with Crippen LogP contribution >= 0.6 is 0 Å². The maximum atomic E-state index is 11.5. The molecule has 5 heteroatoms. The fraction of sp³-hybridized carbons (Fsp3) is 0.533. The van der Waals surface area contributed by atoms with Gasteiger partial charge in [-0.05, 0) is 31.0 Å². The van der Waals surface area contributed by atoms with Gasteiger partial charge in [-0.15, -0.1) is 0 Å². The highest BCUT2D eigenvalue weighted by Crippen LogP contribution is 2.30. The lowest BCUT2D eigenvalue weighted by Gasteiger charge is -2.36. The molecule has 2 N–H and O–H groups in total. The molecule has 0 spiro atoms. The summed E-state index contributed by atoms with van der Waals surface area (Å²) in [5, 5.41) is 0. The highest BCUT2D eigenvalue weighted by molar-refractivity contribution is 5.92. The molecular weight excluding hydrogens is 254 g/mol. The standard InChI is InChI=1S/C15H21N3O2/c1-20-15(19)11-2-5-14(13(16)10-11)18-8-6-17(7-9-18)12-3-4-12/h2,5,10,12H,3-4,6-9,16H2,1H3. The number of nitrogens with zero attached hydrogens (tertiary/aromatic N) is 2. The predicted octanol–water partition coefficient (Wildman–Crippen LogP) is 1.34. The van der Waals surface area contributed by atoms with Gasteiger partial charge in [-0.2, -0.15) is 0 Å². The van der Waals surface area contributed by atoms with Crippen LogP contribution in [0.4, 0.5) is 11.4 Å². The number of nitrogen functional groups attached to an aromatic ring is 1. The highest BCUT2D eigenvalue weighted by atomic mass is 16.5. The van der Waals surface area contributed by atoms with Gasteiger partial charge in [0.05, 0.1) is 24.0 Å². The van der Waals surface area contributed by atoms with Gasteiger partial charge in [-0.3, -0.25) is 4.90 Å². The molecule has 1 saturated heterocycles. The van der Waals surface area contributed by atoms with Gasteiger partial charge >= 0.3 is 5.97 Å². The van der Waals surface area contributed by atoms with E-state index < -0.39 is 0 Å². The van der Waals surface area contributed by atoms with Crippen molar-refractivity contribution >= 4 is 17.3 Å². The van der Waals surface area contributed by atoms with Crippen LogP contribution in [0.1, 0.15) is 23.2 Å².